The van der Waals surface area contributed by atoms with Crippen LogP contribution in [0.3, 0.4) is 0 Å². The van der Waals surface area contributed by atoms with Crippen molar-refractivity contribution < 1.29 is 9.53 Å². The fourth-order valence-corrected chi connectivity index (χ4v) is 2.73. The summed E-state index contributed by atoms with van der Waals surface area (Å²) >= 11 is 0. The standard InChI is InChI=1S/C12H19NO2/c1-3-15-12(14)11-8(2)9-6-4-5-7-10(9)13-11/h9-10,13H,3-7H2,1-2H3/t9-,10-/m1/s1. The average Bonchev–Trinajstić information content (AvgIpc) is 2.57. The van der Waals surface area contributed by atoms with E-state index in [1.54, 1.807) is 0 Å². The molecular weight excluding hydrogens is 190 g/mol. The highest BCUT2D eigenvalue weighted by Crippen LogP contribution is 2.36. The van der Waals surface area contributed by atoms with Crippen molar-refractivity contribution in [2.24, 2.45) is 5.92 Å². The van der Waals surface area contributed by atoms with E-state index in [0.717, 1.165) is 5.70 Å². The van der Waals surface area contributed by atoms with Crippen molar-refractivity contribution in [2.75, 3.05) is 6.61 Å². The van der Waals surface area contributed by atoms with E-state index in [2.05, 4.69) is 12.2 Å². The van der Waals surface area contributed by atoms with E-state index in [1.807, 2.05) is 6.92 Å². The van der Waals surface area contributed by atoms with Gasteiger partial charge in [-0.2, -0.15) is 0 Å². The lowest BCUT2D eigenvalue weighted by molar-refractivity contribution is -0.138. The minimum absolute atomic E-state index is 0.176. The molecule has 15 heavy (non-hydrogen) atoms. The first-order valence-corrected chi connectivity index (χ1v) is 5.88. The van der Waals surface area contributed by atoms with Crippen molar-refractivity contribution in [1.29, 1.82) is 0 Å². The van der Waals surface area contributed by atoms with Gasteiger partial charge in [0.05, 0.1) is 6.61 Å². The van der Waals surface area contributed by atoms with Gasteiger partial charge in [0.25, 0.3) is 0 Å². The fourth-order valence-electron chi connectivity index (χ4n) is 2.73. The van der Waals surface area contributed by atoms with Crippen molar-refractivity contribution in [3.63, 3.8) is 0 Å². The summed E-state index contributed by atoms with van der Waals surface area (Å²) in [6.07, 6.45) is 4.96. The maximum absolute atomic E-state index is 11.7. The summed E-state index contributed by atoms with van der Waals surface area (Å²) in [4.78, 5) is 11.7. The molecule has 0 aromatic carbocycles. The summed E-state index contributed by atoms with van der Waals surface area (Å²) in [6, 6.07) is 0.484. The predicted octanol–water partition coefficient (Wildman–Crippen LogP) is 1.99. The summed E-state index contributed by atoms with van der Waals surface area (Å²) in [6.45, 7) is 4.36. The molecule has 1 fully saturated rings. The van der Waals surface area contributed by atoms with Crippen LogP contribution in [0.2, 0.25) is 0 Å². The van der Waals surface area contributed by atoms with Gasteiger partial charge >= 0.3 is 5.97 Å². The van der Waals surface area contributed by atoms with Gasteiger partial charge in [-0.1, -0.05) is 12.8 Å². The minimum atomic E-state index is -0.176. The molecule has 2 atom stereocenters. The van der Waals surface area contributed by atoms with E-state index in [-0.39, 0.29) is 5.97 Å². The third kappa shape index (κ3) is 1.87. The summed E-state index contributed by atoms with van der Waals surface area (Å²) in [5, 5.41) is 3.33. The second-order valence-electron chi connectivity index (χ2n) is 4.42. The molecule has 0 aromatic heterocycles. The van der Waals surface area contributed by atoms with Crippen molar-refractivity contribution in [2.45, 2.75) is 45.6 Å². The number of carbonyl (C=O) groups excluding carboxylic acids is 1. The highest BCUT2D eigenvalue weighted by atomic mass is 16.5. The molecule has 0 saturated heterocycles. The number of rotatable bonds is 2. The number of nitrogens with one attached hydrogen (secondary N) is 1. The zero-order valence-corrected chi connectivity index (χ0v) is 9.51. The van der Waals surface area contributed by atoms with Crippen molar-refractivity contribution in [1.82, 2.24) is 5.32 Å². The van der Waals surface area contributed by atoms with Crippen LogP contribution >= 0.6 is 0 Å². The van der Waals surface area contributed by atoms with Crippen LogP contribution in [0.15, 0.2) is 11.3 Å². The molecule has 2 rings (SSSR count). The van der Waals surface area contributed by atoms with Crippen LogP contribution in [0, 0.1) is 5.92 Å². The summed E-state index contributed by atoms with van der Waals surface area (Å²) in [5.41, 5.74) is 1.94. The van der Waals surface area contributed by atoms with Gasteiger partial charge in [-0.25, -0.2) is 4.79 Å². The van der Waals surface area contributed by atoms with Gasteiger partial charge in [0.15, 0.2) is 0 Å². The Bertz CT molecular complexity index is 296. The highest BCUT2D eigenvalue weighted by Gasteiger charge is 2.36. The molecular formula is C12H19NO2. The Hall–Kier alpha value is -0.990. The maximum Gasteiger partial charge on any atom is 0.354 e. The molecule has 1 N–H and O–H groups in total. The zero-order chi connectivity index (χ0) is 10.8. The molecule has 0 unspecified atom stereocenters. The van der Waals surface area contributed by atoms with E-state index in [0.29, 0.717) is 18.6 Å². The van der Waals surface area contributed by atoms with E-state index in [4.69, 9.17) is 4.74 Å². The molecule has 1 aliphatic carbocycles. The van der Waals surface area contributed by atoms with E-state index >= 15 is 0 Å². The second-order valence-corrected chi connectivity index (χ2v) is 4.42. The van der Waals surface area contributed by atoms with Gasteiger partial charge in [0, 0.05) is 12.0 Å². The molecule has 3 nitrogen and oxygen atoms in total. The Kier molecular flexibility index (Phi) is 2.98. The number of hydrogen-bond acceptors (Lipinski definition) is 3. The van der Waals surface area contributed by atoms with Gasteiger partial charge in [-0.3, -0.25) is 0 Å². The summed E-state index contributed by atoms with van der Waals surface area (Å²) in [5.74, 6) is 0.391. The van der Waals surface area contributed by atoms with Gasteiger partial charge in [-0.15, -0.1) is 0 Å². The van der Waals surface area contributed by atoms with Gasteiger partial charge in [0.1, 0.15) is 5.70 Å². The predicted molar refractivity (Wildman–Crippen MR) is 58.2 cm³/mol. The quantitative estimate of drug-likeness (QED) is 0.707. The number of hydrogen-bond donors (Lipinski definition) is 1. The molecule has 0 spiro atoms. The third-order valence-electron chi connectivity index (χ3n) is 3.53. The lowest BCUT2D eigenvalue weighted by Crippen LogP contribution is -2.33. The number of carbonyl (C=O) groups is 1. The molecule has 84 valence electrons. The number of esters is 1. The molecule has 1 aliphatic heterocycles. The first-order valence-electron chi connectivity index (χ1n) is 5.88. The molecule has 1 saturated carbocycles. The van der Waals surface area contributed by atoms with Crippen LogP contribution in [0.25, 0.3) is 0 Å². The van der Waals surface area contributed by atoms with Gasteiger partial charge in [-0.05, 0) is 32.3 Å². The topological polar surface area (TPSA) is 38.3 Å². The SMILES string of the molecule is CCOC(=O)C1=C(C)[C@H]2CCCC[C@H]2N1. The summed E-state index contributed by atoms with van der Waals surface area (Å²) in [7, 11) is 0. The van der Waals surface area contributed by atoms with E-state index in [1.165, 1.54) is 31.3 Å². The van der Waals surface area contributed by atoms with Gasteiger partial charge < -0.3 is 10.1 Å². The Balaban J connectivity index is 2.11. The largest absolute Gasteiger partial charge is 0.461 e. The normalized spacial score (nSPS) is 29.7. The smallest absolute Gasteiger partial charge is 0.354 e. The molecule has 1 heterocycles. The van der Waals surface area contributed by atoms with Crippen LogP contribution < -0.4 is 5.32 Å². The molecule has 0 bridgehead atoms. The Labute approximate surface area is 90.9 Å². The first kappa shape index (κ1) is 10.5. The first-order chi connectivity index (χ1) is 7.24. The molecule has 0 aromatic rings. The average molecular weight is 209 g/mol. The highest BCUT2D eigenvalue weighted by molar-refractivity contribution is 5.89. The molecule has 0 amide bonds. The summed E-state index contributed by atoms with van der Waals surface area (Å²) < 4.78 is 5.04. The van der Waals surface area contributed by atoms with Crippen LogP contribution in [-0.4, -0.2) is 18.6 Å². The second kappa shape index (κ2) is 4.25. The van der Waals surface area contributed by atoms with Crippen molar-refractivity contribution >= 4 is 5.97 Å². The number of ether oxygens (including phenoxy) is 1. The minimum Gasteiger partial charge on any atom is -0.461 e. The maximum atomic E-state index is 11.7. The third-order valence-corrected chi connectivity index (χ3v) is 3.53. The van der Waals surface area contributed by atoms with Crippen LogP contribution in [0.1, 0.15) is 39.5 Å². The van der Waals surface area contributed by atoms with Crippen LogP contribution in [-0.2, 0) is 9.53 Å². The van der Waals surface area contributed by atoms with E-state index < -0.39 is 0 Å². The lowest BCUT2D eigenvalue weighted by atomic mass is 9.82. The lowest BCUT2D eigenvalue weighted by Gasteiger charge is -2.26. The van der Waals surface area contributed by atoms with Crippen molar-refractivity contribution in [3.8, 4) is 0 Å². The molecule has 0 radical (unpaired) electrons. The Morgan fingerprint density at radius 1 is 1.47 bits per heavy atom. The van der Waals surface area contributed by atoms with Crippen LogP contribution in [0.5, 0.6) is 0 Å². The monoisotopic (exact) mass is 209 g/mol. The molecule has 2 aliphatic rings. The number of fused-ring (bicyclic) bond motifs is 1. The Morgan fingerprint density at radius 3 is 2.87 bits per heavy atom. The van der Waals surface area contributed by atoms with Gasteiger partial charge in [0.2, 0.25) is 0 Å². The molecule has 3 heteroatoms. The van der Waals surface area contributed by atoms with E-state index in [9.17, 15) is 4.79 Å². The van der Waals surface area contributed by atoms with Crippen molar-refractivity contribution in [3.05, 3.63) is 11.3 Å². The van der Waals surface area contributed by atoms with Crippen LogP contribution in [0.4, 0.5) is 0 Å². The zero-order valence-electron chi connectivity index (χ0n) is 9.51. The Morgan fingerprint density at radius 2 is 2.20 bits per heavy atom. The fraction of sp³-hybridized carbons (Fsp3) is 0.750.